The van der Waals surface area contributed by atoms with E-state index < -0.39 is 6.29 Å². The second-order valence-electron chi connectivity index (χ2n) is 11.6. The van der Waals surface area contributed by atoms with Crippen LogP contribution in [0.4, 0.5) is 0 Å². The monoisotopic (exact) mass is 658 g/mol. The summed E-state index contributed by atoms with van der Waals surface area (Å²) in [5.41, 5.74) is 5.91. The number of ether oxygens (including phenoxy) is 2. The Bertz CT molecular complexity index is 1600. The van der Waals surface area contributed by atoms with E-state index in [2.05, 4.69) is 44.4 Å². The summed E-state index contributed by atoms with van der Waals surface area (Å²) in [5.74, 6) is 0.650. The van der Waals surface area contributed by atoms with Gasteiger partial charge >= 0.3 is 0 Å². The maximum atomic E-state index is 12.5. The smallest absolute Gasteiger partial charge is 0.220 e. The van der Waals surface area contributed by atoms with Crippen molar-refractivity contribution in [1.29, 1.82) is 0 Å². The highest BCUT2D eigenvalue weighted by atomic mass is 32.2. The van der Waals surface area contributed by atoms with Crippen molar-refractivity contribution >= 4 is 23.6 Å². The number of carbonyl (C=O) groups excluding carboxylic acids is 2. The Morgan fingerprint density at radius 2 is 1.72 bits per heavy atom. The topological polar surface area (TPSA) is 140 Å². The SMILES string of the molecule is CC(=O)NCCCCCC(=O)NCc1ccccc1-c1ccc([C@H]2O[C@@H](CSc3nnnn3C)C[C@@H](c3ccc(CO)cc3)O2)cc1. The second-order valence-corrected chi connectivity index (χ2v) is 12.6. The first-order valence-corrected chi connectivity index (χ1v) is 16.9. The van der Waals surface area contributed by atoms with Crippen molar-refractivity contribution in [2.45, 2.75) is 75.8 Å². The van der Waals surface area contributed by atoms with E-state index >= 15 is 0 Å². The molecule has 1 aliphatic rings. The summed E-state index contributed by atoms with van der Waals surface area (Å²) in [6.07, 6.45) is 2.79. The second kappa shape index (κ2) is 17.2. The van der Waals surface area contributed by atoms with Gasteiger partial charge in [-0.3, -0.25) is 9.59 Å². The fourth-order valence-corrected chi connectivity index (χ4v) is 6.31. The van der Waals surface area contributed by atoms with Gasteiger partial charge in [0.25, 0.3) is 0 Å². The van der Waals surface area contributed by atoms with Crippen LogP contribution in [-0.4, -0.2) is 55.5 Å². The lowest BCUT2D eigenvalue weighted by molar-refractivity contribution is -0.245. The molecular formula is C35H42N6O5S. The Morgan fingerprint density at radius 3 is 2.45 bits per heavy atom. The lowest BCUT2D eigenvalue weighted by atomic mass is 9.97. The van der Waals surface area contributed by atoms with Crippen LogP contribution < -0.4 is 10.6 Å². The summed E-state index contributed by atoms with van der Waals surface area (Å²) in [6.45, 7) is 2.58. The fraction of sp³-hybridized carbons (Fsp3) is 0.400. The van der Waals surface area contributed by atoms with Crippen LogP contribution in [0.2, 0.25) is 0 Å². The maximum absolute atomic E-state index is 12.5. The van der Waals surface area contributed by atoms with Crippen molar-refractivity contribution in [3.63, 3.8) is 0 Å². The van der Waals surface area contributed by atoms with Crippen molar-refractivity contribution in [2.24, 2.45) is 7.05 Å². The molecule has 4 aromatic rings. The number of thioether (sulfide) groups is 1. The highest BCUT2D eigenvalue weighted by Crippen LogP contribution is 2.39. The zero-order valence-electron chi connectivity index (χ0n) is 26.8. The predicted octanol–water partition coefficient (Wildman–Crippen LogP) is 5.02. The number of unbranched alkanes of at least 4 members (excludes halogenated alkanes) is 2. The van der Waals surface area contributed by atoms with Gasteiger partial charge in [-0.1, -0.05) is 91.0 Å². The number of benzene rings is 3. The molecular weight excluding hydrogens is 616 g/mol. The van der Waals surface area contributed by atoms with Gasteiger partial charge in [-0.2, -0.15) is 0 Å². The van der Waals surface area contributed by atoms with Crippen LogP contribution in [0.1, 0.15) is 73.7 Å². The predicted molar refractivity (Wildman–Crippen MR) is 179 cm³/mol. The highest BCUT2D eigenvalue weighted by Gasteiger charge is 2.32. The molecule has 1 saturated heterocycles. The zero-order valence-corrected chi connectivity index (χ0v) is 27.6. The lowest BCUT2D eigenvalue weighted by Gasteiger charge is -2.36. The molecule has 11 nitrogen and oxygen atoms in total. The van der Waals surface area contributed by atoms with E-state index in [1.165, 1.54) is 6.92 Å². The standard InChI is InChI=1S/C35H42N6O5S/c1-24(43)36-19-7-3-4-10-33(44)37-21-29-8-5-6-9-31(29)26-15-17-28(18-16-26)34-45-30(23-47-35-38-39-40-41(35)2)20-32(46-34)27-13-11-25(22-42)12-14-27/h5-6,8-9,11-18,30,32,34,42H,3-4,7,10,19-23H2,1-2H3,(H,36,43)(H,37,44)/t30-,32+,34+/m1/s1. The van der Waals surface area contributed by atoms with E-state index in [1.807, 2.05) is 61.6 Å². The molecule has 47 heavy (non-hydrogen) atoms. The summed E-state index contributed by atoms with van der Waals surface area (Å²) < 4.78 is 14.6. The van der Waals surface area contributed by atoms with E-state index in [9.17, 15) is 14.7 Å². The Kier molecular flexibility index (Phi) is 12.5. The molecule has 1 fully saturated rings. The van der Waals surface area contributed by atoms with Gasteiger partial charge in [-0.15, -0.1) is 5.10 Å². The number of aliphatic hydroxyl groups is 1. The Hall–Kier alpha value is -4.10. The molecule has 2 heterocycles. The molecule has 248 valence electrons. The summed E-state index contributed by atoms with van der Waals surface area (Å²) in [6, 6.07) is 24.1. The number of hydrogen-bond acceptors (Lipinski definition) is 9. The number of nitrogens with one attached hydrogen (secondary N) is 2. The zero-order chi connectivity index (χ0) is 33.0. The first-order chi connectivity index (χ1) is 22.9. The Labute approximate surface area is 279 Å². The van der Waals surface area contributed by atoms with Crippen molar-refractivity contribution < 1.29 is 24.2 Å². The van der Waals surface area contributed by atoms with Crippen LogP contribution in [0.25, 0.3) is 11.1 Å². The van der Waals surface area contributed by atoms with Gasteiger partial charge < -0.3 is 25.2 Å². The van der Waals surface area contributed by atoms with Crippen LogP contribution in [0.5, 0.6) is 0 Å². The number of aliphatic hydroxyl groups excluding tert-OH is 1. The normalized spacial score (nSPS) is 17.7. The van der Waals surface area contributed by atoms with Gasteiger partial charge in [0.2, 0.25) is 17.0 Å². The molecule has 2 amide bonds. The van der Waals surface area contributed by atoms with E-state index in [0.29, 0.717) is 31.7 Å². The average molecular weight is 659 g/mol. The van der Waals surface area contributed by atoms with Crippen LogP contribution in [0.3, 0.4) is 0 Å². The van der Waals surface area contributed by atoms with E-state index in [4.69, 9.17) is 9.47 Å². The van der Waals surface area contributed by atoms with Crippen molar-refractivity contribution in [2.75, 3.05) is 12.3 Å². The molecule has 3 atom stereocenters. The average Bonchev–Trinajstić information content (AvgIpc) is 3.52. The van der Waals surface area contributed by atoms with Gasteiger partial charge in [-0.05, 0) is 51.1 Å². The molecule has 12 heteroatoms. The highest BCUT2D eigenvalue weighted by molar-refractivity contribution is 7.99. The first kappa shape index (κ1) is 34.2. The molecule has 3 N–H and O–H groups in total. The maximum Gasteiger partial charge on any atom is 0.220 e. The van der Waals surface area contributed by atoms with Crippen LogP contribution in [-0.2, 0) is 39.3 Å². The van der Waals surface area contributed by atoms with Crippen LogP contribution >= 0.6 is 11.8 Å². The van der Waals surface area contributed by atoms with Crippen molar-refractivity contribution in [1.82, 2.24) is 30.8 Å². The molecule has 0 unspecified atom stereocenters. The van der Waals surface area contributed by atoms with E-state index in [1.54, 1.807) is 16.4 Å². The summed E-state index contributed by atoms with van der Waals surface area (Å²) in [4.78, 5) is 23.5. The molecule has 0 spiro atoms. The van der Waals surface area contributed by atoms with E-state index in [0.717, 1.165) is 57.8 Å². The van der Waals surface area contributed by atoms with E-state index in [-0.39, 0.29) is 30.6 Å². The van der Waals surface area contributed by atoms with Gasteiger partial charge in [0.15, 0.2) is 6.29 Å². The minimum absolute atomic E-state index is 0.00743. The van der Waals surface area contributed by atoms with Crippen molar-refractivity contribution in [3.05, 3.63) is 95.1 Å². The molecule has 5 rings (SSSR count). The van der Waals surface area contributed by atoms with Gasteiger partial charge in [0, 0.05) is 51.2 Å². The molecule has 0 saturated carbocycles. The van der Waals surface area contributed by atoms with Gasteiger partial charge in [0.1, 0.15) is 0 Å². The summed E-state index contributed by atoms with van der Waals surface area (Å²) in [5, 5.41) is 27.8. The molecule has 1 aliphatic heterocycles. The third-order valence-corrected chi connectivity index (χ3v) is 9.18. The third kappa shape index (κ3) is 9.94. The minimum Gasteiger partial charge on any atom is -0.392 e. The number of rotatable bonds is 15. The fourth-order valence-electron chi connectivity index (χ4n) is 5.44. The number of nitrogens with zero attached hydrogens (tertiary/aromatic N) is 4. The largest absolute Gasteiger partial charge is 0.392 e. The summed E-state index contributed by atoms with van der Waals surface area (Å²) in [7, 11) is 1.81. The van der Waals surface area contributed by atoms with Gasteiger partial charge in [0.05, 0.1) is 18.8 Å². The number of carbonyl (C=O) groups is 2. The third-order valence-electron chi connectivity index (χ3n) is 8.04. The van der Waals surface area contributed by atoms with Crippen LogP contribution in [0, 0.1) is 0 Å². The molecule has 0 aliphatic carbocycles. The Balaban J connectivity index is 1.23. The minimum atomic E-state index is -0.573. The first-order valence-electron chi connectivity index (χ1n) is 15.9. The Morgan fingerprint density at radius 1 is 0.957 bits per heavy atom. The molecule has 0 bridgehead atoms. The number of amides is 2. The molecule has 0 radical (unpaired) electrons. The number of tetrazole rings is 1. The van der Waals surface area contributed by atoms with Gasteiger partial charge in [-0.25, -0.2) is 4.68 Å². The van der Waals surface area contributed by atoms with Crippen LogP contribution in [0.15, 0.2) is 78.0 Å². The van der Waals surface area contributed by atoms with Crippen molar-refractivity contribution in [3.8, 4) is 11.1 Å². The molecule has 1 aromatic heterocycles. The quantitative estimate of drug-likeness (QED) is 0.119. The lowest BCUT2D eigenvalue weighted by Crippen LogP contribution is -2.31. The number of hydrogen-bond donors (Lipinski definition) is 3. The number of aromatic nitrogens is 4. The summed E-state index contributed by atoms with van der Waals surface area (Å²) >= 11 is 1.55. The number of aryl methyl sites for hydroxylation is 1. The molecule has 3 aromatic carbocycles.